The van der Waals surface area contributed by atoms with Gasteiger partial charge >= 0.3 is 0 Å². The molecule has 0 unspecified atom stereocenters. The predicted octanol–water partition coefficient (Wildman–Crippen LogP) is 4.48. The Morgan fingerprint density at radius 2 is 2.04 bits per heavy atom. The van der Waals surface area contributed by atoms with Crippen molar-refractivity contribution in [2.45, 2.75) is 6.92 Å². The van der Waals surface area contributed by atoms with E-state index < -0.39 is 5.91 Å². The Balaban J connectivity index is 1.87. The minimum Gasteiger partial charge on any atom is -0.483 e. The fourth-order valence-corrected chi connectivity index (χ4v) is 2.33. The number of halogens is 3. The number of hydrogen-bond acceptors (Lipinski definition) is 3. The third-order valence-corrected chi connectivity index (χ3v) is 3.94. The van der Waals surface area contributed by atoms with Gasteiger partial charge in [0.15, 0.2) is 6.61 Å². The number of nitrogens with zero attached hydrogens (tertiary/aromatic N) is 1. The number of rotatable bonds is 5. The van der Waals surface area contributed by atoms with E-state index in [1.807, 2.05) is 6.92 Å². The summed E-state index contributed by atoms with van der Waals surface area (Å²) in [5.74, 6) is 0.195. The number of carbonyl (C=O) groups is 1. The van der Waals surface area contributed by atoms with Gasteiger partial charge < -0.3 is 4.74 Å². The Morgan fingerprint density at radius 3 is 2.78 bits per heavy atom. The van der Waals surface area contributed by atoms with Crippen LogP contribution in [0.25, 0.3) is 0 Å². The van der Waals surface area contributed by atoms with E-state index in [9.17, 15) is 4.79 Å². The molecule has 1 N–H and O–H groups in total. The highest BCUT2D eigenvalue weighted by atomic mass is 35.5. The minimum absolute atomic E-state index is 0.164. The van der Waals surface area contributed by atoms with E-state index in [1.165, 1.54) is 6.21 Å². The van der Waals surface area contributed by atoms with E-state index in [2.05, 4.69) is 10.5 Å². The van der Waals surface area contributed by atoms with Gasteiger partial charge in [-0.15, -0.1) is 0 Å². The zero-order chi connectivity index (χ0) is 16.8. The zero-order valence-corrected chi connectivity index (χ0v) is 14.4. The van der Waals surface area contributed by atoms with Crippen LogP contribution >= 0.6 is 34.8 Å². The summed E-state index contributed by atoms with van der Waals surface area (Å²) in [7, 11) is 0. The normalized spacial score (nSPS) is 10.8. The lowest BCUT2D eigenvalue weighted by Crippen LogP contribution is -2.24. The van der Waals surface area contributed by atoms with Gasteiger partial charge in [-0.2, -0.15) is 5.10 Å². The van der Waals surface area contributed by atoms with E-state index in [-0.39, 0.29) is 6.61 Å². The SMILES string of the molecule is Cc1cc(Cl)ccc1OCC(=O)NN=Cc1cccc(Cl)c1Cl. The van der Waals surface area contributed by atoms with Crippen molar-refractivity contribution in [3.63, 3.8) is 0 Å². The van der Waals surface area contributed by atoms with Crippen molar-refractivity contribution < 1.29 is 9.53 Å². The summed E-state index contributed by atoms with van der Waals surface area (Å²) in [6.07, 6.45) is 1.42. The lowest BCUT2D eigenvalue weighted by Gasteiger charge is -2.08. The molecule has 120 valence electrons. The summed E-state index contributed by atoms with van der Waals surface area (Å²) in [5.41, 5.74) is 3.81. The topological polar surface area (TPSA) is 50.7 Å². The van der Waals surface area contributed by atoms with Crippen LogP contribution in [0.3, 0.4) is 0 Å². The number of nitrogens with one attached hydrogen (secondary N) is 1. The Morgan fingerprint density at radius 1 is 1.26 bits per heavy atom. The van der Waals surface area contributed by atoms with E-state index in [0.29, 0.717) is 26.4 Å². The molecule has 0 saturated heterocycles. The third kappa shape index (κ3) is 5.13. The first kappa shape index (κ1) is 17.6. The summed E-state index contributed by atoms with van der Waals surface area (Å²) in [4.78, 5) is 11.7. The standard InChI is InChI=1S/C16H13Cl3N2O2/c1-10-7-12(17)5-6-14(10)23-9-15(22)21-20-8-11-3-2-4-13(18)16(11)19/h2-8H,9H2,1H3,(H,21,22). The van der Waals surface area contributed by atoms with Crippen LogP contribution in [-0.4, -0.2) is 18.7 Å². The van der Waals surface area contributed by atoms with Gasteiger partial charge in [-0.05, 0) is 36.8 Å². The summed E-state index contributed by atoms with van der Waals surface area (Å²) in [6, 6.07) is 10.3. The van der Waals surface area contributed by atoms with Crippen LogP contribution in [0.1, 0.15) is 11.1 Å². The van der Waals surface area contributed by atoms with Crippen molar-refractivity contribution in [2.75, 3.05) is 6.61 Å². The molecule has 0 saturated carbocycles. The molecular weight excluding hydrogens is 359 g/mol. The lowest BCUT2D eigenvalue weighted by atomic mass is 10.2. The van der Waals surface area contributed by atoms with Gasteiger partial charge in [0.05, 0.1) is 16.3 Å². The Hall–Kier alpha value is -1.75. The lowest BCUT2D eigenvalue weighted by molar-refractivity contribution is -0.123. The number of hydrazone groups is 1. The quantitative estimate of drug-likeness (QED) is 0.622. The number of aryl methyl sites for hydroxylation is 1. The smallest absolute Gasteiger partial charge is 0.277 e. The zero-order valence-electron chi connectivity index (χ0n) is 12.1. The van der Waals surface area contributed by atoms with Crippen molar-refractivity contribution in [1.29, 1.82) is 0 Å². The van der Waals surface area contributed by atoms with Crippen molar-refractivity contribution >= 4 is 46.9 Å². The molecule has 0 heterocycles. The van der Waals surface area contributed by atoms with Gasteiger partial charge in [0.2, 0.25) is 0 Å². The van der Waals surface area contributed by atoms with Crippen LogP contribution < -0.4 is 10.2 Å². The molecule has 0 atom stereocenters. The Bertz CT molecular complexity index is 748. The maximum absolute atomic E-state index is 11.7. The van der Waals surface area contributed by atoms with E-state index in [1.54, 1.807) is 36.4 Å². The molecule has 2 aromatic carbocycles. The Labute approximate surface area is 149 Å². The summed E-state index contributed by atoms with van der Waals surface area (Å²) >= 11 is 17.8. The second kappa shape index (κ2) is 8.20. The highest BCUT2D eigenvalue weighted by Crippen LogP contribution is 2.24. The molecule has 4 nitrogen and oxygen atoms in total. The van der Waals surface area contributed by atoms with Crippen molar-refractivity contribution in [2.24, 2.45) is 5.10 Å². The maximum atomic E-state index is 11.7. The van der Waals surface area contributed by atoms with Crippen molar-refractivity contribution in [1.82, 2.24) is 5.43 Å². The molecule has 0 fully saturated rings. The van der Waals surface area contributed by atoms with Crippen molar-refractivity contribution in [3.8, 4) is 5.75 Å². The minimum atomic E-state index is -0.395. The van der Waals surface area contributed by atoms with E-state index in [0.717, 1.165) is 5.56 Å². The largest absolute Gasteiger partial charge is 0.483 e. The van der Waals surface area contributed by atoms with Crippen molar-refractivity contribution in [3.05, 3.63) is 62.6 Å². The second-order valence-electron chi connectivity index (χ2n) is 4.63. The molecule has 2 aromatic rings. The maximum Gasteiger partial charge on any atom is 0.277 e. The first-order valence-corrected chi connectivity index (χ1v) is 7.75. The number of carbonyl (C=O) groups excluding carboxylic acids is 1. The molecule has 23 heavy (non-hydrogen) atoms. The molecule has 0 aliphatic rings. The molecule has 2 rings (SSSR count). The van der Waals surface area contributed by atoms with E-state index >= 15 is 0 Å². The van der Waals surface area contributed by atoms with Gasteiger partial charge in [0, 0.05) is 10.6 Å². The van der Waals surface area contributed by atoms with Gasteiger partial charge in [-0.1, -0.05) is 46.9 Å². The van der Waals surface area contributed by atoms with Crippen LogP contribution in [0.5, 0.6) is 5.75 Å². The summed E-state index contributed by atoms with van der Waals surface area (Å²) in [6.45, 7) is 1.68. The first-order valence-electron chi connectivity index (χ1n) is 6.62. The Kier molecular flexibility index (Phi) is 6.28. The second-order valence-corrected chi connectivity index (χ2v) is 5.86. The number of benzene rings is 2. The monoisotopic (exact) mass is 370 g/mol. The van der Waals surface area contributed by atoms with Gasteiger partial charge in [-0.25, -0.2) is 5.43 Å². The first-order chi connectivity index (χ1) is 11.0. The number of hydrogen-bond donors (Lipinski definition) is 1. The third-order valence-electron chi connectivity index (χ3n) is 2.87. The summed E-state index contributed by atoms with van der Waals surface area (Å²) < 4.78 is 5.41. The van der Waals surface area contributed by atoms with Crippen LogP contribution in [0, 0.1) is 6.92 Å². The van der Waals surface area contributed by atoms with Gasteiger partial charge in [0.25, 0.3) is 5.91 Å². The highest BCUT2D eigenvalue weighted by Gasteiger charge is 2.05. The molecule has 0 bridgehead atoms. The predicted molar refractivity (Wildman–Crippen MR) is 93.9 cm³/mol. The fourth-order valence-electron chi connectivity index (χ4n) is 1.74. The average Bonchev–Trinajstić information content (AvgIpc) is 2.50. The molecule has 0 aliphatic carbocycles. The van der Waals surface area contributed by atoms with Gasteiger partial charge in [0.1, 0.15) is 5.75 Å². The fraction of sp³-hybridized carbons (Fsp3) is 0.125. The average molecular weight is 372 g/mol. The van der Waals surface area contributed by atoms with Crippen LogP contribution in [0.15, 0.2) is 41.5 Å². The molecule has 0 radical (unpaired) electrons. The van der Waals surface area contributed by atoms with Crippen LogP contribution in [-0.2, 0) is 4.79 Å². The number of amides is 1. The van der Waals surface area contributed by atoms with Crippen LogP contribution in [0.4, 0.5) is 0 Å². The number of ether oxygens (including phenoxy) is 1. The highest BCUT2D eigenvalue weighted by molar-refractivity contribution is 6.43. The molecule has 0 aliphatic heterocycles. The molecule has 0 aromatic heterocycles. The molecular formula is C16H13Cl3N2O2. The summed E-state index contributed by atoms with van der Waals surface area (Å²) in [5, 5.41) is 5.23. The molecule has 1 amide bonds. The van der Waals surface area contributed by atoms with E-state index in [4.69, 9.17) is 39.5 Å². The van der Waals surface area contributed by atoms with Crippen LogP contribution in [0.2, 0.25) is 15.1 Å². The van der Waals surface area contributed by atoms with Gasteiger partial charge in [-0.3, -0.25) is 4.79 Å². The molecule has 0 spiro atoms. The molecule has 7 heteroatoms.